The molecule has 1 saturated carbocycles. The fourth-order valence-corrected chi connectivity index (χ4v) is 3.98. The van der Waals surface area contributed by atoms with Crippen molar-refractivity contribution in [1.82, 2.24) is 25.3 Å². The lowest BCUT2D eigenvalue weighted by Gasteiger charge is -2.30. The number of aliphatic imine (C=N–C) groups is 1. The lowest BCUT2D eigenvalue weighted by molar-refractivity contribution is 0.585. The van der Waals surface area contributed by atoms with E-state index in [1.54, 1.807) is 6.21 Å². The molecule has 2 aliphatic rings. The molecular weight excluding hydrogens is 350 g/mol. The number of pyridine rings is 1. The number of hydrogen-bond donors (Lipinski definition) is 2. The van der Waals surface area contributed by atoms with Crippen LogP contribution >= 0.6 is 0 Å². The van der Waals surface area contributed by atoms with Crippen LogP contribution in [0.5, 0.6) is 0 Å². The third-order valence-electron chi connectivity index (χ3n) is 5.51. The Kier molecular flexibility index (Phi) is 4.52. The van der Waals surface area contributed by atoms with Crippen LogP contribution in [0.2, 0.25) is 0 Å². The van der Waals surface area contributed by atoms with Crippen LogP contribution < -0.4 is 10.2 Å². The number of nitrogens with one attached hydrogen (secondary N) is 2. The predicted molar refractivity (Wildman–Crippen MR) is 112 cm³/mol. The molecule has 1 aliphatic heterocycles. The molecule has 0 unspecified atom stereocenters. The zero-order valence-corrected chi connectivity index (χ0v) is 16.1. The van der Waals surface area contributed by atoms with E-state index in [0.29, 0.717) is 12.3 Å². The van der Waals surface area contributed by atoms with Crippen LogP contribution in [0, 0.1) is 0 Å². The van der Waals surface area contributed by atoms with Gasteiger partial charge in [0.2, 0.25) is 0 Å². The third kappa shape index (κ3) is 3.26. The Balaban J connectivity index is 1.61. The van der Waals surface area contributed by atoms with Gasteiger partial charge in [-0.2, -0.15) is 0 Å². The molecule has 3 aromatic rings. The summed E-state index contributed by atoms with van der Waals surface area (Å²) in [5.41, 5.74) is 3.38. The van der Waals surface area contributed by atoms with Gasteiger partial charge in [-0.3, -0.25) is 4.98 Å². The number of aromatic nitrogens is 4. The standard InChI is InChI=1S/C21H25N7/c1-2-24-20-15(5-6-25-20)11-18-26-17-13-23-12-16(14-3-4-14)19(17)21(27-18)28-9-7-22-8-10-28/h2,5-6,12-14,22,25H,3-4,7-11H2,1H3/b24-2-. The van der Waals surface area contributed by atoms with E-state index in [9.17, 15) is 0 Å². The van der Waals surface area contributed by atoms with Crippen molar-refractivity contribution >= 4 is 28.8 Å². The molecular formula is C21H25N7. The van der Waals surface area contributed by atoms with E-state index in [-0.39, 0.29) is 0 Å². The number of H-pyrrole nitrogens is 1. The van der Waals surface area contributed by atoms with Crippen LogP contribution in [0.25, 0.3) is 10.9 Å². The number of fused-ring (bicyclic) bond motifs is 1. The summed E-state index contributed by atoms with van der Waals surface area (Å²) < 4.78 is 0. The van der Waals surface area contributed by atoms with E-state index in [2.05, 4.69) is 31.2 Å². The quantitative estimate of drug-likeness (QED) is 0.670. The van der Waals surface area contributed by atoms with Crippen molar-refractivity contribution in [3.8, 4) is 0 Å². The second-order valence-corrected chi connectivity index (χ2v) is 7.51. The van der Waals surface area contributed by atoms with Crippen LogP contribution in [-0.4, -0.2) is 52.3 Å². The molecule has 1 saturated heterocycles. The van der Waals surface area contributed by atoms with Gasteiger partial charge in [0.25, 0.3) is 0 Å². The Hall–Kier alpha value is -2.80. The van der Waals surface area contributed by atoms with Gasteiger partial charge in [0.1, 0.15) is 17.5 Å². The van der Waals surface area contributed by atoms with E-state index >= 15 is 0 Å². The van der Waals surface area contributed by atoms with Crippen LogP contribution in [0.4, 0.5) is 11.6 Å². The number of aromatic amines is 1. The molecule has 7 nitrogen and oxygen atoms in total. The highest BCUT2D eigenvalue weighted by atomic mass is 15.2. The first kappa shape index (κ1) is 17.3. The second kappa shape index (κ2) is 7.31. The summed E-state index contributed by atoms with van der Waals surface area (Å²) in [4.78, 5) is 24.5. The maximum atomic E-state index is 5.07. The van der Waals surface area contributed by atoms with E-state index in [4.69, 9.17) is 9.97 Å². The van der Waals surface area contributed by atoms with E-state index in [1.807, 2.05) is 25.5 Å². The molecule has 0 bridgehead atoms. The van der Waals surface area contributed by atoms with Gasteiger partial charge in [-0.1, -0.05) is 0 Å². The zero-order chi connectivity index (χ0) is 18.9. The Morgan fingerprint density at radius 3 is 2.86 bits per heavy atom. The Labute approximate surface area is 164 Å². The van der Waals surface area contributed by atoms with Gasteiger partial charge in [0.15, 0.2) is 0 Å². The van der Waals surface area contributed by atoms with Crippen LogP contribution in [0.15, 0.2) is 29.6 Å². The summed E-state index contributed by atoms with van der Waals surface area (Å²) in [5.74, 6) is 3.38. The summed E-state index contributed by atoms with van der Waals surface area (Å²) in [6.45, 7) is 5.82. The summed E-state index contributed by atoms with van der Waals surface area (Å²) in [5, 5.41) is 4.64. The predicted octanol–water partition coefficient (Wildman–Crippen LogP) is 2.95. The normalized spacial score (nSPS) is 17.7. The van der Waals surface area contributed by atoms with Gasteiger partial charge in [0, 0.05) is 62.2 Å². The number of piperazine rings is 1. The highest BCUT2D eigenvalue weighted by Crippen LogP contribution is 2.44. The largest absolute Gasteiger partial charge is 0.353 e. The topological polar surface area (TPSA) is 82.1 Å². The van der Waals surface area contributed by atoms with Gasteiger partial charge < -0.3 is 15.2 Å². The molecule has 144 valence electrons. The van der Waals surface area contributed by atoms with Crippen molar-refractivity contribution < 1.29 is 0 Å². The number of hydrogen-bond acceptors (Lipinski definition) is 6. The van der Waals surface area contributed by atoms with Crippen molar-refractivity contribution in [2.75, 3.05) is 31.1 Å². The molecule has 3 aromatic heterocycles. The third-order valence-corrected chi connectivity index (χ3v) is 5.51. The van der Waals surface area contributed by atoms with Crippen molar-refractivity contribution in [2.45, 2.75) is 32.1 Å². The highest BCUT2D eigenvalue weighted by molar-refractivity contribution is 5.92. The molecule has 1 aliphatic carbocycles. The first-order valence-electron chi connectivity index (χ1n) is 10.1. The number of nitrogens with zero attached hydrogens (tertiary/aromatic N) is 5. The molecule has 0 aromatic carbocycles. The van der Waals surface area contributed by atoms with Gasteiger partial charge in [0.05, 0.1) is 11.7 Å². The minimum absolute atomic E-state index is 0.613. The average molecular weight is 375 g/mol. The Morgan fingerprint density at radius 1 is 1.21 bits per heavy atom. The van der Waals surface area contributed by atoms with E-state index < -0.39 is 0 Å². The Morgan fingerprint density at radius 2 is 2.07 bits per heavy atom. The molecule has 5 rings (SSSR count). The lowest BCUT2D eigenvalue weighted by Crippen LogP contribution is -2.44. The van der Waals surface area contributed by atoms with Gasteiger partial charge >= 0.3 is 0 Å². The molecule has 0 radical (unpaired) electrons. The number of rotatable bonds is 5. The Bertz CT molecular complexity index is 1010. The molecule has 7 heteroatoms. The van der Waals surface area contributed by atoms with Crippen molar-refractivity contribution in [3.63, 3.8) is 0 Å². The van der Waals surface area contributed by atoms with Gasteiger partial charge in [-0.15, -0.1) is 0 Å². The van der Waals surface area contributed by atoms with Gasteiger partial charge in [-0.05, 0) is 37.3 Å². The fraction of sp³-hybridized carbons (Fsp3) is 0.429. The molecule has 2 fully saturated rings. The fourth-order valence-electron chi connectivity index (χ4n) is 3.98. The van der Waals surface area contributed by atoms with Gasteiger partial charge in [-0.25, -0.2) is 15.0 Å². The molecule has 0 spiro atoms. The summed E-state index contributed by atoms with van der Waals surface area (Å²) in [7, 11) is 0. The molecule has 4 heterocycles. The summed E-state index contributed by atoms with van der Waals surface area (Å²) in [6.07, 6.45) is 10.8. The van der Waals surface area contributed by atoms with E-state index in [1.165, 1.54) is 23.8 Å². The smallest absolute Gasteiger partial charge is 0.140 e. The summed E-state index contributed by atoms with van der Waals surface area (Å²) in [6, 6.07) is 2.05. The van der Waals surface area contributed by atoms with E-state index in [0.717, 1.165) is 54.7 Å². The maximum Gasteiger partial charge on any atom is 0.140 e. The number of anilines is 1. The van der Waals surface area contributed by atoms with Crippen LogP contribution in [0.3, 0.4) is 0 Å². The summed E-state index contributed by atoms with van der Waals surface area (Å²) >= 11 is 0. The van der Waals surface area contributed by atoms with Crippen molar-refractivity contribution in [2.24, 2.45) is 4.99 Å². The van der Waals surface area contributed by atoms with Crippen molar-refractivity contribution in [3.05, 3.63) is 41.6 Å². The minimum atomic E-state index is 0.613. The zero-order valence-electron chi connectivity index (χ0n) is 16.1. The molecule has 0 atom stereocenters. The highest BCUT2D eigenvalue weighted by Gasteiger charge is 2.29. The second-order valence-electron chi connectivity index (χ2n) is 7.51. The minimum Gasteiger partial charge on any atom is -0.353 e. The average Bonchev–Trinajstić information content (AvgIpc) is 3.49. The monoisotopic (exact) mass is 375 g/mol. The molecule has 0 amide bonds. The van der Waals surface area contributed by atoms with Crippen LogP contribution in [0.1, 0.15) is 42.6 Å². The first-order chi connectivity index (χ1) is 13.8. The first-order valence-corrected chi connectivity index (χ1v) is 10.1. The van der Waals surface area contributed by atoms with Crippen molar-refractivity contribution in [1.29, 1.82) is 0 Å². The molecule has 2 N–H and O–H groups in total. The molecule has 28 heavy (non-hydrogen) atoms. The van der Waals surface area contributed by atoms with Crippen LogP contribution in [-0.2, 0) is 6.42 Å². The lowest BCUT2D eigenvalue weighted by atomic mass is 10.1. The SMILES string of the molecule is C/C=N\c1[nH]ccc1Cc1nc(N2CCNCC2)c2c(C3CC3)cncc2n1. The maximum absolute atomic E-state index is 5.07.